The summed E-state index contributed by atoms with van der Waals surface area (Å²) < 4.78 is 17.9. The molecule has 80 valence electrons. The molecule has 0 aliphatic carbocycles. The van der Waals surface area contributed by atoms with Gasteiger partial charge in [0.15, 0.2) is 5.82 Å². The van der Waals surface area contributed by atoms with Crippen LogP contribution in [0.25, 0.3) is 22.6 Å². The van der Waals surface area contributed by atoms with Crippen molar-refractivity contribution in [3.63, 3.8) is 0 Å². The van der Waals surface area contributed by atoms with Crippen molar-refractivity contribution in [2.24, 2.45) is 0 Å². The number of aromatic amines is 1. The van der Waals surface area contributed by atoms with Gasteiger partial charge in [0, 0.05) is 6.07 Å². The van der Waals surface area contributed by atoms with Crippen molar-refractivity contribution in [1.82, 2.24) is 15.1 Å². The lowest BCUT2D eigenvalue weighted by Crippen LogP contribution is -1.78. The Morgan fingerprint density at radius 3 is 2.94 bits per heavy atom. The number of aromatic nitrogens is 3. The number of rotatable bonds is 1. The average molecular weight is 217 g/mol. The molecule has 3 rings (SSSR count). The third-order valence-corrected chi connectivity index (χ3v) is 2.31. The minimum absolute atomic E-state index is 0.293. The Bertz CT molecular complexity index is 656. The molecule has 5 heteroatoms. The van der Waals surface area contributed by atoms with E-state index >= 15 is 0 Å². The molecule has 0 fully saturated rings. The smallest absolute Gasteiger partial charge is 0.160 e. The topological polar surface area (TPSA) is 54.7 Å². The zero-order chi connectivity index (χ0) is 11.1. The van der Waals surface area contributed by atoms with E-state index in [2.05, 4.69) is 15.1 Å². The molecule has 0 amide bonds. The predicted octanol–water partition coefficient (Wildman–Crippen LogP) is 2.67. The van der Waals surface area contributed by atoms with Crippen molar-refractivity contribution in [1.29, 1.82) is 0 Å². The number of H-pyrrole nitrogens is 1. The van der Waals surface area contributed by atoms with Gasteiger partial charge in [0.25, 0.3) is 0 Å². The van der Waals surface area contributed by atoms with Crippen LogP contribution < -0.4 is 0 Å². The zero-order valence-electron chi connectivity index (χ0n) is 8.49. The number of nitrogens with one attached hydrogen (secondary N) is 1. The molecule has 2 aromatic heterocycles. The Morgan fingerprint density at radius 1 is 1.31 bits per heavy atom. The summed E-state index contributed by atoms with van der Waals surface area (Å²) in [4.78, 5) is 7.29. The molecule has 0 spiro atoms. The number of halogens is 1. The molecule has 0 atom stereocenters. The molecule has 16 heavy (non-hydrogen) atoms. The number of benzene rings is 1. The maximum absolute atomic E-state index is 13.0. The lowest BCUT2D eigenvalue weighted by Gasteiger charge is -1.86. The third-order valence-electron chi connectivity index (χ3n) is 2.31. The minimum Gasteiger partial charge on any atom is -0.361 e. The van der Waals surface area contributed by atoms with Crippen molar-refractivity contribution in [2.45, 2.75) is 6.92 Å². The summed E-state index contributed by atoms with van der Waals surface area (Å²) in [6.45, 7) is 1.80. The van der Waals surface area contributed by atoms with Crippen molar-refractivity contribution in [3.8, 4) is 11.5 Å². The summed E-state index contributed by atoms with van der Waals surface area (Å²) in [6, 6.07) is 6.17. The van der Waals surface area contributed by atoms with E-state index in [0.717, 1.165) is 0 Å². The second-order valence-corrected chi connectivity index (χ2v) is 3.57. The highest BCUT2D eigenvalue weighted by Gasteiger charge is 2.09. The van der Waals surface area contributed by atoms with Crippen LogP contribution in [0.4, 0.5) is 4.39 Å². The molecular weight excluding hydrogens is 209 g/mol. The lowest BCUT2D eigenvalue weighted by molar-refractivity contribution is 0.399. The van der Waals surface area contributed by atoms with Gasteiger partial charge in [0.1, 0.15) is 17.3 Å². The van der Waals surface area contributed by atoms with Crippen LogP contribution in [0.2, 0.25) is 0 Å². The first-order valence-electron chi connectivity index (χ1n) is 4.81. The molecular formula is C11H8FN3O. The highest BCUT2D eigenvalue weighted by Crippen LogP contribution is 2.20. The Balaban J connectivity index is 2.18. The van der Waals surface area contributed by atoms with Gasteiger partial charge in [-0.3, -0.25) is 0 Å². The van der Waals surface area contributed by atoms with E-state index in [-0.39, 0.29) is 5.82 Å². The summed E-state index contributed by atoms with van der Waals surface area (Å²) in [5.41, 5.74) is 1.97. The zero-order valence-corrected chi connectivity index (χ0v) is 8.49. The van der Waals surface area contributed by atoms with E-state index in [1.54, 1.807) is 19.1 Å². The first-order valence-corrected chi connectivity index (χ1v) is 4.81. The van der Waals surface area contributed by atoms with E-state index in [9.17, 15) is 4.39 Å². The van der Waals surface area contributed by atoms with E-state index in [1.807, 2.05) is 0 Å². The van der Waals surface area contributed by atoms with Crippen LogP contribution in [-0.2, 0) is 0 Å². The first kappa shape index (κ1) is 9.08. The van der Waals surface area contributed by atoms with Crippen LogP contribution in [0, 0.1) is 12.7 Å². The van der Waals surface area contributed by atoms with Crippen molar-refractivity contribution >= 4 is 11.0 Å². The predicted molar refractivity (Wildman–Crippen MR) is 56.3 cm³/mol. The van der Waals surface area contributed by atoms with Crippen LogP contribution in [0.1, 0.15) is 5.76 Å². The maximum Gasteiger partial charge on any atom is 0.160 e. The Hall–Kier alpha value is -2.17. The van der Waals surface area contributed by atoms with Crippen LogP contribution >= 0.6 is 0 Å². The fourth-order valence-corrected chi connectivity index (χ4v) is 1.58. The molecule has 2 heterocycles. The van der Waals surface area contributed by atoms with Crippen molar-refractivity contribution in [2.75, 3.05) is 0 Å². The summed E-state index contributed by atoms with van der Waals surface area (Å²) >= 11 is 0. The fraction of sp³-hybridized carbons (Fsp3) is 0.0909. The number of fused-ring (bicyclic) bond motifs is 1. The first-order chi connectivity index (χ1) is 7.72. The number of nitrogens with zero attached hydrogens (tertiary/aromatic N) is 2. The molecule has 0 aliphatic rings. The van der Waals surface area contributed by atoms with Gasteiger partial charge in [-0.25, -0.2) is 9.37 Å². The second-order valence-electron chi connectivity index (χ2n) is 3.57. The van der Waals surface area contributed by atoms with Gasteiger partial charge in [-0.05, 0) is 25.1 Å². The lowest BCUT2D eigenvalue weighted by atomic mass is 10.3. The molecule has 0 saturated carbocycles. The van der Waals surface area contributed by atoms with Gasteiger partial charge in [-0.15, -0.1) is 0 Å². The quantitative estimate of drug-likeness (QED) is 0.681. The monoisotopic (exact) mass is 217 g/mol. The van der Waals surface area contributed by atoms with E-state index in [1.165, 1.54) is 12.1 Å². The molecule has 0 radical (unpaired) electrons. The molecule has 1 aromatic carbocycles. The highest BCUT2D eigenvalue weighted by molar-refractivity contribution is 5.78. The molecule has 0 aliphatic heterocycles. The van der Waals surface area contributed by atoms with Crippen LogP contribution in [0.5, 0.6) is 0 Å². The summed E-state index contributed by atoms with van der Waals surface area (Å²) in [6.07, 6.45) is 0. The molecule has 0 unspecified atom stereocenters. The summed E-state index contributed by atoms with van der Waals surface area (Å²) in [5.74, 6) is 0.998. The fourth-order valence-electron chi connectivity index (χ4n) is 1.58. The van der Waals surface area contributed by atoms with E-state index in [0.29, 0.717) is 28.3 Å². The van der Waals surface area contributed by atoms with Gasteiger partial charge in [0.05, 0.1) is 11.0 Å². The SMILES string of the molecule is Cc1cc(-c2nc3ccc(F)cc3[nH]2)no1. The molecule has 0 bridgehead atoms. The van der Waals surface area contributed by atoms with Gasteiger partial charge < -0.3 is 9.51 Å². The molecule has 0 saturated heterocycles. The Morgan fingerprint density at radius 2 is 2.19 bits per heavy atom. The van der Waals surface area contributed by atoms with Gasteiger partial charge in [-0.1, -0.05) is 5.16 Å². The summed E-state index contributed by atoms with van der Waals surface area (Å²) in [5, 5.41) is 3.84. The maximum atomic E-state index is 13.0. The molecule has 1 N–H and O–H groups in total. The van der Waals surface area contributed by atoms with E-state index < -0.39 is 0 Å². The van der Waals surface area contributed by atoms with Gasteiger partial charge >= 0.3 is 0 Å². The minimum atomic E-state index is -0.293. The van der Waals surface area contributed by atoms with Crippen LogP contribution in [0.15, 0.2) is 28.8 Å². The number of imidazole rings is 1. The van der Waals surface area contributed by atoms with Crippen molar-refractivity contribution < 1.29 is 8.91 Å². The summed E-state index contributed by atoms with van der Waals surface area (Å²) in [7, 11) is 0. The third kappa shape index (κ3) is 1.37. The number of hydrogen-bond acceptors (Lipinski definition) is 3. The second kappa shape index (κ2) is 3.16. The van der Waals surface area contributed by atoms with E-state index in [4.69, 9.17) is 4.52 Å². The largest absolute Gasteiger partial charge is 0.361 e. The Labute approximate surface area is 90.1 Å². The normalized spacial score (nSPS) is 11.1. The van der Waals surface area contributed by atoms with Gasteiger partial charge in [0.2, 0.25) is 0 Å². The average Bonchev–Trinajstić information content (AvgIpc) is 2.83. The number of hydrogen-bond donors (Lipinski definition) is 1. The molecule has 4 nitrogen and oxygen atoms in total. The Kier molecular flexibility index (Phi) is 1.80. The standard InChI is InChI=1S/C11H8FN3O/c1-6-4-10(15-16-6)11-13-8-3-2-7(12)5-9(8)14-11/h2-5H,1H3,(H,13,14). The van der Waals surface area contributed by atoms with Crippen LogP contribution in [-0.4, -0.2) is 15.1 Å². The van der Waals surface area contributed by atoms with Gasteiger partial charge in [-0.2, -0.15) is 0 Å². The van der Waals surface area contributed by atoms with Crippen molar-refractivity contribution in [3.05, 3.63) is 35.8 Å². The van der Waals surface area contributed by atoms with Crippen LogP contribution in [0.3, 0.4) is 0 Å². The molecule has 3 aromatic rings. The number of aryl methyl sites for hydroxylation is 1. The highest BCUT2D eigenvalue weighted by atomic mass is 19.1.